The number of carbonyl (C=O) groups is 1. The zero-order valence-corrected chi connectivity index (χ0v) is 15.6. The van der Waals surface area contributed by atoms with Crippen molar-refractivity contribution in [2.45, 2.75) is 31.1 Å². The Bertz CT molecular complexity index is 662. The van der Waals surface area contributed by atoms with Gasteiger partial charge in [-0.2, -0.15) is 0 Å². The topological polar surface area (TPSA) is 96.5 Å². The summed E-state index contributed by atoms with van der Waals surface area (Å²) in [6.45, 7) is 4.22. The van der Waals surface area contributed by atoms with E-state index in [4.69, 9.17) is 4.74 Å². The van der Waals surface area contributed by atoms with Gasteiger partial charge in [-0.1, -0.05) is 6.92 Å². The van der Waals surface area contributed by atoms with Crippen LogP contribution in [0.25, 0.3) is 0 Å². The van der Waals surface area contributed by atoms with Crippen LogP contribution in [0.2, 0.25) is 0 Å². The number of ether oxygens (including phenoxy) is 1. The zero-order valence-electron chi connectivity index (χ0n) is 14.8. The SMILES string of the molecule is CCCNS(=O)(=O)c1ccc(NC(=O)C2(COC)CCNCC2)cc1. The molecule has 1 fully saturated rings. The van der Waals surface area contributed by atoms with Crippen LogP contribution in [0.5, 0.6) is 0 Å². The molecular weight excluding hydrogens is 342 g/mol. The summed E-state index contributed by atoms with van der Waals surface area (Å²) >= 11 is 0. The molecule has 1 aromatic rings. The molecule has 1 amide bonds. The molecule has 1 aliphatic rings. The first-order valence-electron chi connectivity index (χ1n) is 8.54. The maximum Gasteiger partial charge on any atom is 0.240 e. The van der Waals surface area contributed by atoms with Crippen LogP contribution >= 0.6 is 0 Å². The summed E-state index contributed by atoms with van der Waals surface area (Å²) in [6, 6.07) is 6.22. The Balaban J connectivity index is 2.08. The van der Waals surface area contributed by atoms with Crippen LogP contribution in [-0.4, -0.2) is 47.7 Å². The van der Waals surface area contributed by atoms with E-state index in [0.29, 0.717) is 31.7 Å². The molecule has 3 N–H and O–H groups in total. The molecule has 0 spiro atoms. The van der Waals surface area contributed by atoms with E-state index in [1.165, 1.54) is 12.1 Å². The van der Waals surface area contributed by atoms with Crippen LogP contribution in [0.4, 0.5) is 5.69 Å². The Labute approximate surface area is 149 Å². The van der Waals surface area contributed by atoms with Crippen molar-refractivity contribution in [2.24, 2.45) is 5.41 Å². The van der Waals surface area contributed by atoms with E-state index in [-0.39, 0.29) is 10.8 Å². The van der Waals surface area contributed by atoms with Gasteiger partial charge in [-0.15, -0.1) is 0 Å². The highest BCUT2D eigenvalue weighted by atomic mass is 32.2. The summed E-state index contributed by atoms with van der Waals surface area (Å²) in [5.41, 5.74) is 0.0291. The molecule has 140 valence electrons. The standard InChI is InChI=1S/C17H27N3O4S/c1-3-10-19-25(22,23)15-6-4-14(5-7-15)20-16(21)17(13-24-2)8-11-18-12-9-17/h4-7,18-19H,3,8-13H2,1-2H3,(H,20,21). The second kappa shape index (κ2) is 8.75. The number of nitrogens with one attached hydrogen (secondary N) is 3. The highest BCUT2D eigenvalue weighted by Crippen LogP contribution is 2.31. The number of rotatable bonds is 8. The number of methoxy groups -OCH3 is 1. The monoisotopic (exact) mass is 369 g/mol. The molecule has 1 aliphatic heterocycles. The van der Waals surface area contributed by atoms with E-state index < -0.39 is 15.4 Å². The first-order chi connectivity index (χ1) is 11.9. The van der Waals surface area contributed by atoms with Gasteiger partial charge >= 0.3 is 0 Å². The third-order valence-corrected chi connectivity index (χ3v) is 5.90. The molecule has 0 saturated carbocycles. The van der Waals surface area contributed by atoms with E-state index in [1.807, 2.05) is 6.92 Å². The first-order valence-corrected chi connectivity index (χ1v) is 10.0. The largest absolute Gasteiger partial charge is 0.384 e. The molecule has 0 bridgehead atoms. The molecule has 25 heavy (non-hydrogen) atoms. The maximum absolute atomic E-state index is 12.8. The van der Waals surface area contributed by atoms with Gasteiger partial charge in [0, 0.05) is 19.3 Å². The van der Waals surface area contributed by atoms with E-state index in [1.54, 1.807) is 19.2 Å². The molecule has 0 aromatic heterocycles. The number of carbonyl (C=O) groups excluding carboxylic acids is 1. The summed E-state index contributed by atoms with van der Waals surface area (Å²) < 4.78 is 32.0. The molecule has 0 unspecified atom stereocenters. The third kappa shape index (κ3) is 5.01. The molecule has 1 saturated heterocycles. The van der Waals surface area contributed by atoms with Gasteiger partial charge in [0.15, 0.2) is 0 Å². The van der Waals surface area contributed by atoms with E-state index in [2.05, 4.69) is 15.4 Å². The van der Waals surface area contributed by atoms with E-state index in [9.17, 15) is 13.2 Å². The van der Waals surface area contributed by atoms with Gasteiger partial charge in [0.25, 0.3) is 0 Å². The number of anilines is 1. The summed E-state index contributed by atoms with van der Waals surface area (Å²) in [6.07, 6.45) is 2.14. The normalized spacial score (nSPS) is 17.2. The lowest BCUT2D eigenvalue weighted by Gasteiger charge is -2.35. The summed E-state index contributed by atoms with van der Waals surface area (Å²) in [5.74, 6) is -0.0874. The average molecular weight is 369 g/mol. The van der Waals surface area contributed by atoms with Crippen molar-refractivity contribution < 1.29 is 17.9 Å². The quantitative estimate of drug-likeness (QED) is 0.642. The number of piperidine rings is 1. The van der Waals surface area contributed by atoms with Gasteiger partial charge in [-0.3, -0.25) is 4.79 Å². The molecule has 0 radical (unpaired) electrons. The van der Waals surface area contributed by atoms with Crippen molar-refractivity contribution in [2.75, 3.05) is 38.7 Å². The Morgan fingerprint density at radius 3 is 2.44 bits per heavy atom. The van der Waals surface area contributed by atoms with Crippen LogP contribution < -0.4 is 15.4 Å². The van der Waals surface area contributed by atoms with Gasteiger partial charge in [0.05, 0.1) is 16.9 Å². The Morgan fingerprint density at radius 1 is 1.24 bits per heavy atom. The van der Waals surface area contributed by atoms with Crippen molar-refractivity contribution >= 4 is 21.6 Å². The fourth-order valence-corrected chi connectivity index (χ4v) is 4.05. The van der Waals surface area contributed by atoms with Gasteiger partial charge in [-0.25, -0.2) is 13.1 Å². The van der Waals surface area contributed by atoms with Crippen molar-refractivity contribution in [3.63, 3.8) is 0 Å². The highest BCUT2D eigenvalue weighted by molar-refractivity contribution is 7.89. The second-order valence-corrected chi connectivity index (χ2v) is 8.11. The minimum Gasteiger partial charge on any atom is -0.384 e. The van der Waals surface area contributed by atoms with E-state index >= 15 is 0 Å². The van der Waals surface area contributed by atoms with Crippen LogP contribution in [0.15, 0.2) is 29.2 Å². The minimum absolute atomic E-state index is 0.0874. The lowest BCUT2D eigenvalue weighted by atomic mass is 9.78. The lowest BCUT2D eigenvalue weighted by Crippen LogP contribution is -2.47. The van der Waals surface area contributed by atoms with Gasteiger partial charge in [-0.05, 0) is 56.6 Å². The fourth-order valence-electron chi connectivity index (χ4n) is 2.92. The van der Waals surface area contributed by atoms with E-state index in [0.717, 1.165) is 19.5 Å². The molecule has 0 aliphatic carbocycles. The third-order valence-electron chi connectivity index (χ3n) is 4.43. The summed E-state index contributed by atoms with van der Waals surface area (Å²) in [5, 5.41) is 6.15. The first kappa shape index (κ1) is 19.8. The number of hydrogen-bond donors (Lipinski definition) is 3. The molecule has 1 aromatic carbocycles. The van der Waals surface area contributed by atoms with Gasteiger partial charge < -0.3 is 15.4 Å². The molecule has 1 heterocycles. The summed E-state index contributed by atoms with van der Waals surface area (Å²) in [7, 11) is -1.90. The molecule has 7 nitrogen and oxygen atoms in total. The predicted octanol–water partition coefficient (Wildman–Crippen LogP) is 1.33. The molecule has 0 atom stereocenters. The fraction of sp³-hybridized carbons (Fsp3) is 0.588. The summed E-state index contributed by atoms with van der Waals surface area (Å²) in [4.78, 5) is 12.9. The Kier molecular flexibility index (Phi) is 6.95. The van der Waals surface area contributed by atoms with Crippen LogP contribution in [0, 0.1) is 5.41 Å². The molecular formula is C17H27N3O4S. The molecule has 8 heteroatoms. The van der Waals surface area contributed by atoms with Crippen LogP contribution in [-0.2, 0) is 19.6 Å². The van der Waals surface area contributed by atoms with Crippen molar-refractivity contribution in [3.05, 3.63) is 24.3 Å². The predicted molar refractivity (Wildman–Crippen MR) is 97.0 cm³/mol. The minimum atomic E-state index is -3.50. The number of hydrogen-bond acceptors (Lipinski definition) is 5. The van der Waals surface area contributed by atoms with Crippen molar-refractivity contribution in [1.82, 2.24) is 10.0 Å². The maximum atomic E-state index is 12.8. The average Bonchev–Trinajstić information content (AvgIpc) is 2.61. The van der Waals surface area contributed by atoms with Crippen molar-refractivity contribution in [1.29, 1.82) is 0 Å². The lowest BCUT2D eigenvalue weighted by molar-refractivity contribution is -0.130. The number of benzene rings is 1. The molecule has 2 rings (SSSR count). The smallest absolute Gasteiger partial charge is 0.240 e. The Hall–Kier alpha value is -1.48. The van der Waals surface area contributed by atoms with Crippen LogP contribution in [0.3, 0.4) is 0 Å². The highest BCUT2D eigenvalue weighted by Gasteiger charge is 2.39. The Morgan fingerprint density at radius 2 is 1.88 bits per heavy atom. The van der Waals surface area contributed by atoms with Gasteiger partial charge in [0.1, 0.15) is 0 Å². The van der Waals surface area contributed by atoms with Gasteiger partial charge in [0.2, 0.25) is 15.9 Å². The number of amides is 1. The second-order valence-electron chi connectivity index (χ2n) is 6.34. The van der Waals surface area contributed by atoms with Crippen molar-refractivity contribution in [3.8, 4) is 0 Å². The van der Waals surface area contributed by atoms with Crippen LogP contribution in [0.1, 0.15) is 26.2 Å². The zero-order chi connectivity index (χ0) is 18.3. The number of sulfonamides is 1.